The highest BCUT2D eigenvalue weighted by atomic mass is 16.5. The van der Waals surface area contributed by atoms with Crippen molar-refractivity contribution in [2.75, 3.05) is 13.2 Å². The van der Waals surface area contributed by atoms with E-state index in [0.717, 1.165) is 12.3 Å². The van der Waals surface area contributed by atoms with E-state index in [1.165, 1.54) is 5.56 Å². The first-order valence-corrected chi connectivity index (χ1v) is 7.14. The second-order valence-electron chi connectivity index (χ2n) is 5.80. The SMILES string of the molecule is CCOc1ccc(CNCCC(=O)NC(C)(C)C)cc1. The first kappa shape index (κ1) is 16.5. The van der Waals surface area contributed by atoms with Crippen molar-refractivity contribution in [1.29, 1.82) is 0 Å². The molecule has 0 atom stereocenters. The zero-order valence-corrected chi connectivity index (χ0v) is 13.0. The largest absolute Gasteiger partial charge is 0.494 e. The molecule has 0 aliphatic heterocycles. The summed E-state index contributed by atoms with van der Waals surface area (Å²) in [7, 11) is 0. The lowest BCUT2D eigenvalue weighted by atomic mass is 10.1. The third-order valence-corrected chi connectivity index (χ3v) is 2.61. The van der Waals surface area contributed by atoms with E-state index in [0.29, 0.717) is 19.6 Å². The Bertz CT molecular complexity index is 407. The molecule has 1 amide bonds. The quantitative estimate of drug-likeness (QED) is 0.753. The summed E-state index contributed by atoms with van der Waals surface area (Å²) in [5, 5.41) is 6.21. The Labute approximate surface area is 121 Å². The van der Waals surface area contributed by atoms with Gasteiger partial charge in [0.15, 0.2) is 0 Å². The highest BCUT2D eigenvalue weighted by Crippen LogP contribution is 2.11. The lowest BCUT2D eigenvalue weighted by molar-refractivity contribution is -0.122. The summed E-state index contributed by atoms with van der Waals surface area (Å²) >= 11 is 0. The van der Waals surface area contributed by atoms with Gasteiger partial charge in [-0.3, -0.25) is 4.79 Å². The van der Waals surface area contributed by atoms with Crippen LogP contribution in [0.4, 0.5) is 0 Å². The number of amides is 1. The minimum absolute atomic E-state index is 0.0803. The van der Waals surface area contributed by atoms with Crippen molar-refractivity contribution in [3.8, 4) is 5.75 Å². The van der Waals surface area contributed by atoms with E-state index in [4.69, 9.17) is 4.74 Å². The maximum Gasteiger partial charge on any atom is 0.221 e. The van der Waals surface area contributed by atoms with Gasteiger partial charge in [-0.15, -0.1) is 0 Å². The van der Waals surface area contributed by atoms with Crippen LogP contribution in [0.5, 0.6) is 5.75 Å². The van der Waals surface area contributed by atoms with E-state index in [1.807, 2.05) is 52.0 Å². The third kappa shape index (κ3) is 7.14. The summed E-state index contributed by atoms with van der Waals surface area (Å²) in [6.07, 6.45) is 0.494. The predicted octanol–water partition coefficient (Wildman–Crippen LogP) is 2.48. The van der Waals surface area contributed by atoms with Gasteiger partial charge in [0.2, 0.25) is 5.91 Å². The second kappa shape index (κ2) is 7.90. The maximum absolute atomic E-state index is 11.6. The van der Waals surface area contributed by atoms with Crippen LogP contribution in [-0.2, 0) is 11.3 Å². The summed E-state index contributed by atoms with van der Waals surface area (Å²) < 4.78 is 5.39. The molecule has 0 saturated carbocycles. The van der Waals surface area contributed by atoms with Crippen molar-refractivity contribution in [2.45, 2.75) is 46.2 Å². The summed E-state index contributed by atoms with van der Waals surface area (Å²) in [6, 6.07) is 8.00. The lowest BCUT2D eigenvalue weighted by Gasteiger charge is -2.20. The van der Waals surface area contributed by atoms with Gasteiger partial charge in [-0.05, 0) is 45.4 Å². The normalized spacial score (nSPS) is 11.2. The molecule has 4 heteroatoms. The predicted molar refractivity (Wildman–Crippen MR) is 81.8 cm³/mol. The number of carbonyl (C=O) groups is 1. The smallest absolute Gasteiger partial charge is 0.221 e. The molecule has 20 heavy (non-hydrogen) atoms. The molecular weight excluding hydrogens is 252 g/mol. The number of hydrogen-bond donors (Lipinski definition) is 2. The number of rotatable bonds is 7. The molecule has 112 valence electrons. The molecule has 1 aromatic carbocycles. The van der Waals surface area contributed by atoms with Gasteiger partial charge in [-0.2, -0.15) is 0 Å². The fraction of sp³-hybridized carbons (Fsp3) is 0.562. The Morgan fingerprint density at radius 3 is 2.40 bits per heavy atom. The molecule has 0 fully saturated rings. The van der Waals surface area contributed by atoms with Crippen molar-refractivity contribution in [2.24, 2.45) is 0 Å². The summed E-state index contributed by atoms with van der Waals surface area (Å²) in [6.45, 7) is 10.0. The van der Waals surface area contributed by atoms with E-state index >= 15 is 0 Å². The van der Waals surface area contributed by atoms with Crippen molar-refractivity contribution >= 4 is 5.91 Å². The monoisotopic (exact) mass is 278 g/mol. The number of benzene rings is 1. The topological polar surface area (TPSA) is 50.4 Å². The second-order valence-corrected chi connectivity index (χ2v) is 5.80. The molecule has 1 aromatic rings. The van der Waals surface area contributed by atoms with Crippen LogP contribution in [0.15, 0.2) is 24.3 Å². The van der Waals surface area contributed by atoms with Crippen LogP contribution < -0.4 is 15.4 Å². The number of carbonyl (C=O) groups excluding carboxylic acids is 1. The molecule has 0 radical (unpaired) electrons. The van der Waals surface area contributed by atoms with Crippen molar-refractivity contribution in [1.82, 2.24) is 10.6 Å². The Kier molecular flexibility index (Phi) is 6.52. The highest BCUT2D eigenvalue weighted by molar-refractivity contribution is 5.76. The molecular formula is C16H26N2O2. The molecule has 2 N–H and O–H groups in total. The van der Waals surface area contributed by atoms with Gasteiger partial charge in [0.05, 0.1) is 6.61 Å². The molecule has 4 nitrogen and oxygen atoms in total. The van der Waals surface area contributed by atoms with Gasteiger partial charge < -0.3 is 15.4 Å². The van der Waals surface area contributed by atoms with E-state index in [1.54, 1.807) is 0 Å². The Hall–Kier alpha value is -1.55. The van der Waals surface area contributed by atoms with Gasteiger partial charge in [-0.25, -0.2) is 0 Å². The number of ether oxygens (including phenoxy) is 1. The van der Waals surface area contributed by atoms with Crippen LogP contribution in [0.1, 0.15) is 39.7 Å². The van der Waals surface area contributed by atoms with Crippen LogP contribution >= 0.6 is 0 Å². The fourth-order valence-electron chi connectivity index (χ4n) is 1.79. The van der Waals surface area contributed by atoms with E-state index in [2.05, 4.69) is 10.6 Å². The Balaban J connectivity index is 2.22. The van der Waals surface area contributed by atoms with Gasteiger partial charge in [-0.1, -0.05) is 12.1 Å². The van der Waals surface area contributed by atoms with Crippen LogP contribution in [0.3, 0.4) is 0 Å². The zero-order chi connectivity index (χ0) is 15.0. The molecule has 0 heterocycles. The molecule has 0 aliphatic carbocycles. The number of nitrogens with one attached hydrogen (secondary N) is 2. The lowest BCUT2D eigenvalue weighted by Crippen LogP contribution is -2.41. The van der Waals surface area contributed by atoms with E-state index in [-0.39, 0.29) is 11.4 Å². The van der Waals surface area contributed by atoms with E-state index < -0.39 is 0 Å². The highest BCUT2D eigenvalue weighted by Gasteiger charge is 2.12. The van der Waals surface area contributed by atoms with Gasteiger partial charge in [0.25, 0.3) is 0 Å². The molecule has 0 aromatic heterocycles. The Morgan fingerprint density at radius 1 is 1.20 bits per heavy atom. The van der Waals surface area contributed by atoms with Crippen molar-refractivity contribution in [3.05, 3.63) is 29.8 Å². The van der Waals surface area contributed by atoms with E-state index in [9.17, 15) is 4.79 Å². The summed E-state index contributed by atoms with van der Waals surface area (Å²) in [5.74, 6) is 0.970. The summed E-state index contributed by atoms with van der Waals surface area (Å²) in [5.41, 5.74) is 1.02. The minimum atomic E-state index is -0.161. The van der Waals surface area contributed by atoms with Crippen LogP contribution in [0, 0.1) is 0 Å². The maximum atomic E-state index is 11.6. The first-order valence-electron chi connectivity index (χ1n) is 7.14. The van der Waals surface area contributed by atoms with Gasteiger partial charge in [0, 0.05) is 25.0 Å². The van der Waals surface area contributed by atoms with Crippen LogP contribution in [-0.4, -0.2) is 24.6 Å². The van der Waals surface area contributed by atoms with Crippen molar-refractivity contribution in [3.63, 3.8) is 0 Å². The molecule has 0 bridgehead atoms. The fourth-order valence-corrected chi connectivity index (χ4v) is 1.79. The average Bonchev–Trinajstić information content (AvgIpc) is 2.35. The Morgan fingerprint density at radius 2 is 1.85 bits per heavy atom. The third-order valence-electron chi connectivity index (χ3n) is 2.61. The first-order chi connectivity index (χ1) is 9.40. The van der Waals surface area contributed by atoms with Crippen molar-refractivity contribution < 1.29 is 9.53 Å². The summed E-state index contributed by atoms with van der Waals surface area (Å²) in [4.78, 5) is 11.6. The number of hydrogen-bond acceptors (Lipinski definition) is 3. The zero-order valence-electron chi connectivity index (χ0n) is 13.0. The standard InChI is InChI=1S/C16H26N2O2/c1-5-20-14-8-6-13(7-9-14)12-17-11-10-15(19)18-16(2,3)4/h6-9,17H,5,10-12H2,1-4H3,(H,18,19). The minimum Gasteiger partial charge on any atom is -0.494 e. The molecule has 0 spiro atoms. The van der Waals surface area contributed by atoms with Crippen LogP contribution in [0.25, 0.3) is 0 Å². The average molecular weight is 278 g/mol. The van der Waals surface area contributed by atoms with Gasteiger partial charge >= 0.3 is 0 Å². The molecule has 0 saturated heterocycles. The van der Waals surface area contributed by atoms with Gasteiger partial charge in [0.1, 0.15) is 5.75 Å². The molecule has 1 rings (SSSR count). The van der Waals surface area contributed by atoms with Crippen LogP contribution in [0.2, 0.25) is 0 Å². The molecule has 0 unspecified atom stereocenters. The molecule has 0 aliphatic rings.